The Balaban J connectivity index is 1.43. The van der Waals surface area contributed by atoms with Crippen molar-refractivity contribution >= 4 is 22.6 Å². The summed E-state index contributed by atoms with van der Waals surface area (Å²) in [7, 11) is 0. The van der Waals surface area contributed by atoms with Crippen LogP contribution in [0.25, 0.3) is 27.7 Å². The summed E-state index contributed by atoms with van der Waals surface area (Å²) < 4.78 is 0. The fourth-order valence-electron chi connectivity index (χ4n) is 4.32. The monoisotopic (exact) mass is 408 g/mol. The van der Waals surface area contributed by atoms with Crippen molar-refractivity contribution in [1.29, 1.82) is 0 Å². The molecular formula is C27H24N2O2. The molecule has 1 aromatic heterocycles. The maximum atomic E-state index is 11.0. The number of carboxylic acids is 1. The lowest BCUT2D eigenvalue weighted by Crippen LogP contribution is -1.97. The number of nitrogens with zero attached hydrogens (tertiary/aromatic N) is 1. The van der Waals surface area contributed by atoms with Gasteiger partial charge in [-0.15, -0.1) is 0 Å². The summed E-state index contributed by atoms with van der Waals surface area (Å²) in [4.78, 5) is 19.3. The standard InChI is InChI=1S/C27H24N2O2/c30-27(31)22-11-9-18(10-12-22)17-25-28-24-8-4-7-23(26(24)29-25)21-15-13-20(14-16-21)19-5-2-1-3-6-19/h4-5,7-16H,1-3,6,17H2,(H,28,29)(H,30,31). The van der Waals surface area contributed by atoms with Crippen LogP contribution in [0.1, 0.15) is 53.0 Å². The first-order valence-corrected chi connectivity index (χ1v) is 10.8. The number of rotatable bonds is 5. The Morgan fingerprint density at radius 2 is 1.71 bits per heavy atom. The number of benzene rings is 3. The minimum atomic E-state index is -0.911. The maximum Gasteiger partial charge on any atom is 0.335 e. The van der Waals surface area contributed by atoms with Crippen molar-refractivity contribution < 1.29 is 9.90 Å². The third kappa shape index (κ3) is 4.02. The zero-order chi connectivity index (χ0) is 21.2. The number of aromatic carboxylic acids is 1. The van der Waals surface area contributed by atoms with E-state index in [1.165, 1.54) is 36.8 Å². The number of allylic oxidation sites excluding steroid dienone is 2. The molecule has 0 spiro atoms. The molecule has 2 N–H and O–H groups in total. The van der Waals surface area contributed by atoms with Gasteiger partial charge in [-0.2, -0.15) is 0 Å². The van der Waals surface area contributed by atoms with E-state index < -0.39 is 5.97 Å². The molecule has 4 heteroatoms. The van der Waals surface area contributed by atoms with Gasteiger partial charge in [0.15, 0.2) is 0 Å². The summed E-state index contributed by atoms with van der Waals surface area (Å²) >= 11 is 0. The van der Waals surface area contributed by atoms with Gasteiger partial charge >= 0.3 is 5.97 Å². The highest BCUT2D eigenvalue weighted by Gasteiger charge is 2.11. The number of nitrogens with one attached hydrogen (secondary N) is 1. The lowest BCUT2D eigenvalue weighted by molar-refractivity contribution is 0.0697. The molecule has 0 atom stereocenters. The Hall–Kier alpha value is -3.66. The average molecular weight is 409 g/mol. The zero-order valence-electron chi connectivity index (χ0n) is 17.3. The van der Waals surface area contributed by atoms with Crippen LogP contribution in [0, 0.1) is 0 Å². The number of H-pyrrole nitrogens is 1. The molecule has 0 saturated carbocycles. The van der Waals surface area contributed by atoms with Gasteiger partial charge < -0.3 is 10.1 Å². The van der Waals surface area contributed by atoms with Crippen molar-refractivity contribution in [2.45, 2.75) is 32.1 Å². The van der Waals surface area contributed by atoms with Crippen LogP contribution in [-0.4, -0.2) is 21.0 Å². The van der Waals surface area contributed by atoms with E-state index in [1.807, 2.05) is 18.2 Å². The number of carbonyl (C=O) groups is 1. The minimum Gasteiger partial charge on any atom is -0.478 e. The third-order valence-electron chi connectivity index (χ3n) is 5.99. The highest BCUT2D eigenvalue weighted by Crippen LogP contribution is 2.31. The van der Waals surface area contributed by atoms with Crippen molar-refractivity contribution in [3.8, 4) is 11.1 Å². The fraction of sp³-hybridized carbons (Fsp3) is 0.185. The molecular weight excluding hydrogens is 384 g/mol. The van der Waals surface area contributed by atoms with Crippen molar-refractivity contribution in [3.05, 3.63) is 95.3 Å². The molecule has 1 aliphatic carbocycles. The molecule has 31 heavy (non-hydrogen) atoms. The summed E-state index contributed by atoms with van der Waals surface area (Å²) in [6.07, 6.45) is 7.94. The van der Waals surface area contributed by atoms with Gasteiger partial charge in [-0.3, -0.25) is 0 Å². The van der Waals surface area contributed by atoms with E-state index in [9.17, 15) is 4.79 Å². The number of para-hydroxylation sites is 1. The van der Waals surface area contributed by atoms with Crippen molar-refractivity contribution in [3.63, 3.8) is 0 Å². The Labute approximate surface area is 181 Å². The number of hydrogen-bond donors (Lipinski definition) is 2. The molecule has 0 unspecified atom stereocenters. The van der Waals surface area contributed by atoms with E-state index in [2.05, 4.69) is 47.5 Å². The second-order valence-corrected chi connectivity index (χ2v) is 8.12. The Morgan fingerprint density at radius 3 is 2.42 bits per heavy atom. The highest BCUT2D eigenvalue weighted by atomic mass is 16.4. The van der Waals surface area contributed by atoms with Crippen LogP contribution in [-0.2, 0) is 6.42 Å². The second-order valence-electron chi connectivity index (χ2n) is 8.12. The van der Waals surface area contributed by atoms with Crippen LogP contribution >= 0.6 is 0 Å². The van der Waals surface area contributed by atoms with Crippen LogP contribution in [0.15, 0.2) is 72.8 Å². The molecule has 3 aromatic carbocycles. The molecule has 0 radical (unpaired) electrons. The number of carboxylic acid groups (broad SMARTS) is 1. The summed E-state index contributed by atoms with van der Waals surface area (Å²) in [6, 6.07) is 22.0. The third-order valence-corrected chi connectivity index (χ3v) is 5.99. The van der Waals surface area contributed by atoms with E-state index in [0.717, 1.165) is 33.5 Å². The largest absolute Gasteiger partial charge is 0.478 e. The lowest BCUT2D eigenvalue weighted by atomic mass is 9.92. The predicted molar refractivity (Wildman–Crippen MR) is 124 cm³/mol. The van der Waals surface area contributed by atoms with Crippen LogP contribution < -0.4 is 0 Å². The molecule has 4 nitrogen and oxygen atoms in total. The van der Waals surface area contributed by atoms with Gasteiger partial charge in [0.05, 0.1) is 16.6 Å². The molecule has 0 saturated heterocycles. The van der Waals surface area contributed by atoms with Crippen molar-refractivity contribution in [1.82, 2.24) is 9.97 Å². The minimum absolute atomic E-state index is 0.295. The number of fused-ring (bicyclic) bond motifs is 1. The first kappa shape index (κ1) is 19.3. The molecule has 0 bridgehead atoms. The first-order chi connectivity index (χ1) is 15.2. The van der Waals surface area contributed by atoms with Crippen LogP contribution in [0.2, 0.25) is 0 Å². The van der Waals surface area contributed by atoms with Gasteiger partial charge in [0, 0.05) is 12.0 Å². The summed E-state index contributed by atoms with van der Waals surface area (Å²) in [5.74, 6) is -0.0415. The van der Waals surface area contributed by atoms with E-state index in [0.29, 0.717) is 12.0 Å². The molecule has 5 rings (SSSR count). The summed E-state index contributed by atoms with van der Waals surface area (Å²) in [5.41, 5.74) is 8.35. The van der Waals surface area contributed by atoms with E-state index in [1.54, 1.807) is 12.1 Å². The van der Waals surface area contributed by atoms with Crippen LogP contribution in [0.5, 0.6) is 0 Å². The smallest absolute Gasteiger partial charge is 0.335 e. The van der Waals surface area contributed by atoms with E-state index in [4.69, 9.17) is 10.1 Å². The SMILES string of the molecule is O=C(O)c1ccc(Cc2nc3c(-c4ccc(C5=CCCCC5)cc4)cccc3[nH]2)cc1. The van der Waals surface area contributed by atoms with E-state index >= 15 is 0 Å². The molecule has 1 aliphatic rings. The highest BCUT2D eigenvalue weighted by molar-refractivity contribution is 5.92. The van der Waals surface area contributed by atoms with Gasteiger partial charge in [-0.25, -0.2) is 9.78 Å². The molecule has 0 aliphatic heterocycles. The average Bonchev–Trinajstić information content (AvgIpc) is 3.22. The van der Waals surface area contributed by atoms with Gasteiger partial charge in [-0.05, 0) is 66.1 Å². The normalized spacial score (nSPS) is 13.9. The summed E-state index contributed by atoms with van der Waals surface area (Å²) in [5, 5.41) is 9.07. The van der Waals surface area contributed by atoms with Gasteiger partial charge in [0.2, 0.25) is 0 Å². The Bertz CT molecular complexity index is 1270. The molecule has 0 amide bonds. The molecule has 154 valence electrons. The van der Waals surface area contributed by atoms with Gasteiger partial charge in [0.1, 0.15) is 5.82 Å². The van der Waals surface area contributed by atoms with Crippen molar-refractivity contribution in [2.75, 3.05) is 0 Å². The Kier molecular flexibility index (Phi) is 5.13. The number of aromatic amines is 1. The molecule has 0 fully saturated rings. The van der Waals surface area contributed by atoms with E-state index in [-0.39, 0.29) is 0 Å². The van der Waals surface area contributed by atoms with Gasteiger partial charge in [0.25, 0.3) is 0 Å². The quantitative estimate of drug-likeness (QED) is 0.397. The Morgan fingerprint density at radius 1 is 0.935 bits per heavy atom. The number of aromatic nitrogens is 2. The van der Waals surface area contributed by atoms with Crippen LogP contribution in [0.4, 0.5) is 0 Å². The predicted octanol–water partition coefficient (Wildman–Crippen LogP) is 6.48. The zero-order valence-corrected chi connectivity index (χ0v) is 17.3. The molecule has 4 aromatic rings. The van der Waals surface area contributed by atoms with Gasteiger partial charge in [-0.1, -0.05) is 54.6 Å². The molecule has 1 heterocycles. The fourth-order valence-corrected chi connectivity index (χ4v) is 4.32. The number of imidazole rings is 1. The van der Waals surface area contributed by atoms with Crippen molar-refractivity contribution in [2.24, 2.45) is 0 Å². The lowest BCUT2D eigenvalue weighted by Gasteiger charge is -2.13. The first-order valence-electron chi connectivity index (χ1n) is 10.8. The topological polar surface area (TPSA) is 66.0 Å². The number of hydrogen-bond acceptors (Lipinski definition) is 2. The van der Waals surface area contributed by atoms with Crippen LogP contribution in [0.3, 0.4) is 0 Å². The second kappa shape index (κ2) is 8.23. The maximum absolute atomic E-state index is 11.0. The summed E-state index contributed by atoms with van der Waals surface area (Å²) in [6.45, 7) is 0.